The number of nitrogens with zero attached hydrogens (tertiary/aromatic N) is 1. The number of primary amides is 1. The average molecular weight is 289 g/mol. The Bertz CT molecular complexity index is 520. The van der Waals surface area contributed by atoms with Crippen LogP contribution in [0.1, 0.15) is 43.5 Å². The van der Waals surface area contributed by atoms with Crippen LogP contribution >= 0.6 is 0 Å². The molecule has 1 heterocycles. The molecule has 1 fully saturated rings. The van der Waals surface area contributed by atoms with E-state index in [0.29, 0.717) is 11.3 Å². The van der Waals surface area contributed by atoms with Gasteiger partial charge in [-0.05, 0) is 45.2 Å². The molecule has 2 amide bonds. The maximum atomic E-state index is 12.4. The average Bonchev–Trinajstić information content (AvgIpc) is 2.45. The van der Waals surface area contributed by atoms with Gasteiger partial charge in [-0.25, -0.2) is 0 Å². The van der Waals surface area contributed by atoms with Gasteiger partial charge in [0.2, 0.25) is 5.91 Å². The molecule has 0 spiro atoms. The molecule has 0 unspecified atom stereocenters. The van der Waals surface area contributed by atoms with Crippen LogP contribution in [0, 0.1) is 0 Å². The van der Waals surface area contributed by atoms with Gasteiger partial charge in [-0.3, -0.25) is 9.59 Å². The number of benzene rings is 1. The van der Waals surface area contributed by atoms with Crippen molar-refractivity contribution >= 4 is 17.5 Å². The zero-order chi connectivity index (χ0) is 15.4. The quantitative estimate of drug-likeness (QED) is 0.890. The minimum atomic E-state index is -0.495. The Morgan fingerprint density at radius 1 is 1.24 bits per heavy atom. The maximum Gasteiger partial charge on any atom is 0.250 e. The summed E-state index contributed by atoms with van der Waals surface area (Å²) in [6.45, 7) is 4.36. The number of likely N-dealkylation sites (tertiary alicyclic amines) is 1. The first-order valence-corrected chi connectivity index (χ1v) is 7.44. The summed E-state index contributed by atoms with van der Waals surface area (Å²) in [5.41, 5.74) is 6.35. The van der Waals surface area contributed by atoms with Gasteiger partial charge in [0.1, 0.15) is 0 Å². The van der Waals surface area contributed by atoms with Crippen molar-refractivity contribution in [2.45, 2.75) is 45.2 Å². The topological polar surface area (TPSA) is 75.4 Å². The minimum Gasteiger partial charge on any atom is -0.376 e. The van der Waals surface area contributed by atoms with Crippen molar-refractivity contribution in [3.8, 4) is 0 Å². The fourth-order valence-corrected chi connectivity index (χ4v) is 3.03. The lowest BCUT2D eigenvalue weighted by Crippen LogP contribution is -2.49. The van der Waals surface area contributed by atoms with Crippen molar-refractivity contribution in [2.24, 2.45) is 5.73 Å². The molecule has 114 valence electrons. The highest BCUT2D eigenvalue weighted by Gasteiger charge is 2.28. The summed E-state index contributed by atoms with van der Waals surface area (Å²) in [5.74, 6) is -0.431. The molecule has 1 aromatic carbocycles. The van der Waals surface area contributed by atoms with Crippen LogP contribution < -0.4 is 11.1 Å². The molecular weight excluding hydrogens is 266 g/mol. The highest BCUT2D eigenvalue weighted by Crippen LogP contribution is 2.23. The van der Waals surface area contributed by atoms with Crippen LogP contribution in [0.15, 0.2) is 24.3 Å². The SMILES string of the molecule is C[C@@H]1CCC[C@H](C)N1C(=O)CNc1ccccc1C(N)=O. The number of hydrogen-bond acceptors (Lipinski definition) is 3. The summed E-state index contributed by atoms with van der Waals surface area (Å²) in [4.78, 5) is 25.7. The Balaban J connectivity index is 2.02. The zero-order valence-electron chi connectivity index (χ0n) is 12.6. The molecule has 1 aromatic rings. The largest absolute Gasteiger partial charge is 0.376 e. The molecule has 0 saturated carbocycles. The lowest BCUT2D eigenvalue weighted by atomic mass is 9.97. The molecule has 1 aliphatic rings. The number of hydrogen-bond donors (Lipinski definition) is 2. The normalized spacial score (nSPS) is 21.9. The number of carbonyl (C=O) groups is 2. The highest BCUT2D eigenvalue weighted by molar-refractivity contribution is 5.99. The third-order valence-corrected chi connectivity index (χ3v) is 4.10. The molecule has 0 radical (unpaired) electrons. The van der Waals surface area contributed by atoms with Gasteiger partial charge in [0.15, 0.2) is 0 Å². The molecule has 1 saturated heterocycles. The minimum absolute atomic E-state index is 0.0639. The predicted octanol–water partition coefficient (Wildman–Crippen LogP) is 1.99. The summed E-state index contributed by atoms with van der Waals surface area (Å²) in [7, 11) is 0. The molecule has 2 atom stereocenters. The van der Waals surface area contributed by atoms with Gasteiger partial charge < -0.3 is 16.0 Å². The van der Waals surface area contributed by atoms with E-state index in [9.17, 15) is 9.59 Å². The molecule has 21 heavy (non-hydrogen) atoms. The van der Waals surface area contributed by atoms with Gasteiger partial charge in [-0.2, -0.15) is 0 Å². The lowest BCUT2D eigenvalue weighted by molar-refractivity contribution is -0.135. The Kier molecular flexibility index (Phi) is 4.83. The smallest absolute Gasteiger partial charge is 0.250 e. The van der Waals surface area contributed by atoms with Gasteiger partial charge in [0.05, 0.1) is 12.1 Å². The number of piperidine rings is 1. The summed E-state index contributed by atoms with van der Waals surface area (Å²) >= 11 is 0. The van der Waals surface area contributed by atoms with Crippen molar-refractivity contribution in [2.75, 3.05) is 11.9 Å². The first-order chi connectivity index (χ1) is 10.0. The predicted molar refractivity (Wildman–Crippen MR) is 83.1 cm³/mol. The standard InChI is InChI=1S/C16H23N3O2/c1-11-6-5-7-12(2)19(11)15(20)10-18-14-9-4-3-8-13(14)16(17)21/h3-4,8-9,11-12,18H,5-7,10H2,1-2H3,(H2,17,21)/t11-,12+. The van der Waals surface area contributed by atoms with Crippen molar-refractivity contribution < 1.29 is 9.59 Å². The van der Waals surface area contributed by atoms with Crippen LogP contribution in [-0.4, -0.2) is 35.3 Å². The number of para-hydroxylation sites is 1. The van der Waals surface area contributed by atoms with Crippen LogP contribution in [-0.2, 0) is 4.79 Å². The van der Waals surface area contributed by atoms with Crippen molar-refractivity contribution in [1.82, 2.24) is 4.90 Å². The van der Waals surface area contributed by atoms with Crippen LogP contribution in [0.25, 0.3) is 0 Å². The zero-order valence-corrected chi connectivity index (χ0v) is 12.6. The molecule has 5 nitrogen and oxygen atoms in total. The second-order valence-electron chi connectivity index (χ2n) is 5.69. The van der Waals surface area contributed by atoms with E-state index in [-0.39, 0.29) is 24.5 Å². The van der Waals surface area contributed by atoms with Gasteiger partial charge >= 0.3 is 0 Å². The van der Waals surface area contributed by atoms with Crippen molar-refractivity contribution in [3.63, 3.8) is 0 Å². The van der Waals surface area contributed by atoms with Gasteiger partial charge in [0.25, 0.3) is 5.91 Å². The molecule has 1 aliphatic heterocycles. The first-order valence-electron chi connectivity index (χ1n) is 7.44. The molecule has 0 bridgehead atoms. The molecule has 3 N–H and O–H groups in total. The third kappa shape index (κ3) is 3.54. The summed E-state index contributed by atoms with van der Waals surface area (Å²) < 4.78 is 0. The number of rotatable bonds is 4. The van der Waals surface area contributed by atoms with E-state index in [2.05, 4.69) is 19.2 Å². The number of amides is 2. The fourth-order valence-electron chi connectivity index (χ4n) is 3.03. The second kappa shape index (κ2) is 6.61. The summed E-state index contributed by atoms with van der Waals surface area (Å²) in [5, 5.41) is 3.04. The van der Waals surface area contributed by atoms with Crippen LogP contribution in [0.2, 0.25) is 0 Å². The Morgan fingerprint density at radius 2 is 1.86 bits per heavy atom. The van der Waals surface area contributed by atoms with Crippen LogP contribution in [0.5, 0.6) is 0 Å². The van der Waals surface area contributed by atoms with Crippen LogP contribution in [0.4, 0.5) is 5.69 Å². The van der Waals surface area contributed by atoms with E-state index < -0.39 is 5.91 Å². The van der Waals surface area contributed by atoms with Crippen molar-refractivity contribution in [3.05, 3.63) is 29.8 Å². The Hall–Kier alpha value is -2.04. The highest BCUT2D eigenvalue weighted by atomic mass is 16.2. The van der Waals surface area contributed by atoms with Crippen LogP contribution in [0.3, 0.4) is 0 Å². The lowest BCUT2D eigenvalue weighted by Gasteiger charge is -2.39. The summed E-state index contributed by atoms with van der Waals surface area (Å²) in [6.07, 6.45) is 3.27. The number of carbonyl (C=O) groups excluding carboxylic acids is 2. The molecular formula is C16H23N3O2. The van der Waals surface area contributed by atoms with E-state index in [1.54, 1.807) is 18.2 Å². The van der Waals surface area contributed by atoms with E-state index >= 15 is 0 Å². The fraction of sp³-hybridized carbons (Fsp3) is 0.500. The molecule has 0 aliphatic carbocycles. The Labute approximate surface area is 125 Å². The summed E-state index contributed by atoms with van der Waals surface area (Å²) in [6, 6.07) is 7.52. The maximum absolute atomic E-state index is 12.4. The molecule has 2 rings (SSSR count). The van der Waals surface area contributed by atoms with E-state index in [4.69, 9.17) is 5.73 Å². The molecule has 5 heteroatoms. The second-order valence-corrected chi connectivity index (χ2v) is 5.69. The van der Waals surface area contributed by atoms with E-state index in [1.807, 2.05) is 11.0 Å². The van der Waals surface area contributed by atoms with Gasteiger partial charge in [0, 0.05) is 17.8 Å². The van der Waals surface area contributed by atoms with Gasteiger partial charge in [-0.15, -0.1) is 0 Å². The first kappa shape index (κ1) is 15.4. The molecule has 0 aromatic heterocycles. The van der Waals surface area contributed by atoms with Gasteiger partial charge in [-0.1, -0.05) is 12.1 Å². The van der Waals surface area contributed by atoms with E-state index in [0.717, 1.165) is 12.8 Å². The number of nitrogens with one attached hydrogen (secondary N) is 1. The van der Waals surface area contributed by atoms with E-state index in [1.165, 1.54) is 6.42 Å². The third-order valence-electron chi connectivity index (χ3n) is 4.10. The van der Waals surface area contributed by atoms with Crippen molar-refractivity contribution in [1.29, 1.82) is 0 Å². The number of nitrogens with two attached hydrogens (primary N) is 1. The number of anilines is 1. The Morgan fingerprint density at radius 3 is 2.48 bits per heavy atom. The monoisotopic (exact) mass is 289 g/mol.